The number of nitrogens with zero attached hydrogens (tertiary/aromatic N) is 5. The number of carbonyl (C=O) groups is 1. The molecule has 0 radical (unpaired) electrons. The van der Waals surface area contributed by atoms with E-state index in [-0.39, 0.29) is 5.91 Å². The van der Waals surface area contributed by atoms with Crippen molar-refractivity contribution in [3.63, 3.8) is 0 Å². The molecule has 0 bridgehead atoms. The third kappa shape index (κ3) is 3.79. The lowest BCUT2D eigenvalue weighted by Gasteiger charge is -2.33. The zero-order valence-corrected chi connectivity index (χ0v) is 16.4. The van der Waals surface area contributed by atoms with Crippen molar-refractivity contribution in [1.29, 1.82) is 0 Å². The molecule has 0 unspecified atom stereocenters. The molecule has 3 aromatic rings. The summed E-state index contributed by atoms with van der Waals surface area (Å²) in [6, 6.07) is 12.4. The molecule has 7 heteroatoms. The average Bonchev–Trinajstić information content (AvgIpc) is 3.13. The number of hydrogen-bond donors (Lipinski definition) is 0. The van der Waals surface area contributed by atoms with Gasteiger partial charge in [-0.25, -0.2) is 9.97 Å². The lowest BCUT2D eigenvalue weighted by molar-refractivity contribution is -0.131. The van der Waals surface area contributed by atoms with Crippen LogP contribution in [-0.4, -0.2) is 72.5 Å². The molecule has 140 valence electrons. The van der Waals surface area contributed by atoms with E-state index in [2.05, 4.69) is 40.1 Å². The summed E-state index contributed by atoms with van der Waals surface area (Å²) in [6.45, 7) is 3.76. The van der Waals surface area contributed by atoms with Gasteiger partial charge in [-0.2, -0.15) is 0 Å². The van der Waals surface area contributed by atoms with Gasteiger partial charge in [0, 0.05) is 38.1 Å². The van der Waals surface area contributed by atoms with Gasteiger partial charge in [0.25, 0.3) is 0 Å². The van der Waals surface area contributed by atoms with Gasteiger partial charge in [-0.1, -0.05) is 30.3 Å². The van der Waals surface area contributed by atoms with Crippen molar-refractivity contribution in [3.05, 3.63) is 42.7 Å². The number of rotatable bonds is 4. The molecule has 0 saturated carbocycles. The van der Waals surface area contributed by atoms with Crippen LogP contribution < -0.4 is 4.90 Å². The van der Waals surface area contributed by atoms with Gasteiger partial charge < -0.3 is 14.7 Å². The van der Waals surface area contributed by atoms with Crippen molar-refractivity contribution in [3.8, 4) is 10.4 Å². The molecule has 0 spiro atoms. The van der Waals surface area contributed by atoms with Crippen molar-refractivity contribution in [2.45, 2.75) is 0 Å². The SMILES string of the molecule is CN1CCN(C(=O)CN(C)c2ncnc3sc(-c4ccccc4)cc23)CC1. The lowest BCUT2D eigenvalue weighted by atomic mass is 10.2. The van der Waals surface area contributed by atoms with Gasteiger partial charge in [-0.3, -0.25) is 4.79 Å². The average molecular weight is 382 g/mol. The number of piperazine rings is 1. The fraction of sp³-hybridized carbons (Fsp3) is 0.350. The van der Waals surface area contributed by atoms with Crippen LogP contribution in [0.1, 0.15) is 0 Å². The fourth-order valence-corrected chi connectivity index (χ4v) is 4.32. The minimum absolute atomic E-state index is 0.149. The summed E-state index contributed by atoms with van der Waals surface area (Å²) < 4.78 is 0. The Morgan fingerprint density at radius 3 is 2.63 bits per heavy atom. The van der Waals surface area contributed by atoms with E-state index in [4.69, 9.17) is 0 Å². The Labute approximate surface area is 163 Å². The summed E-state index contributed by atoms with van der Waals surface area (Å²) in [6.07, 6.45) is 1.58. The monoisotopic (exact) mass is 381 g/mol. The molecule has 1 aliphatic rings. The van der Waals surface area contributed by atoms with Gasteiger partial charge in [0.2, 0.25) is 5.91 Å². The first-order chi connectivity index (χ1) is 13.1. The second kappa shape index (κ2) is 7.62. The van der Waals surface area contributed by atoms with Crippen LogP contribution in [0.3, 0.4) is 0 Å². The first kappa shape index (κ1) is 17.9. The number of thiophene rings is 1. The number of hydrogen-bond acceptors (Lipinski definition) is 6. The van der Waals surface area contributed by atoms with E-state index >= 15 is 0 Å². The number of fused-ring (bicyclic) bond motifs is 1. The van der Waals surface area contributed by atoms with Crippen LogP contribution in [-0.2, 0) is 4.79 Å². The Bertz CT molecular complexity index is 934. The molecule has 1 fully saturated rings. The molecule has 4 rings (SSSR count). The standard InChI is InChI=1S/C20H23N5OS/c1-23-8-10-25(11-9-23)18(26)13-24(2)19-16-12-17(15-6-4-3-5-7-15)27-20(16)22-14-21-19/h3-7,12,14H,8-11,13H2,1-2H3. The summed E-state index contributed by atoms with van der Waals surface area (Å²) in [5.74, 6) is 0.955. The fourth-order valence-electron chi connectivity index (χ4n) is 3.33. The molecule has 3 heterocycles. The van der Waals surface area contributed by atoms with Gasteiger partial charge in [0.15, 0.2) is 0 Å². The first-order valence-corrected chi connectivity index (χ1v) is 9.91. The highest BCUT2D eigenvalue weighted by atomic mass is 32.1. The molecule has 27 heavy (non-hydrogen) atoms. The zero-order valence-electron chi connectivity index (χ0n) is 15.6. The van der Waals surface area contributed by atoms with Gasteiger partial charge in [0.1, 0.15) is 17.0 Å². The van der Waals surface area contributed by atoms with Crippen molar-refractivity contribution in [1.82, 2.24) is 19.8 Å². The van der Waals surface area contributed by atoms with E-state index in [1.54, 1.807) is 17.7 Å². The second-order valence-corrected chi connectivity index (χ2v) is 7.96. The topological polar surface area (TPSA) is 52.6 Å². The van der Waals surface area contributed by atoms with Crippen LogP contribution in [0.5, 0.6) is 0 Å². The summed E-state index contributed by atoms with van der Waals surface area (Å²) in [5.41, 5.74) is 1.17. The molecule has 1 saturated heterocycles. The number of likely N-dealkylation sites (N-methyl/N-ethyl adjacent to an activating group) is 2. The first-order valence-electron chi connectivity index (χ1n) is 9.09. The quantitative estimate of drug-likeness (QED) is 0.695. The molecule has 1 aromatic carbocycles. The normalized spacial score (nSPS) is 15.3. The minimum Gasteiger partial charge on any atom is -0.350 e. The lowest BCUT2D eigenvalue weighted by Crippen LogP contribution is -2.49. The van der Waals surface area contributed by atoms with Crippen LogP contribution in [0.25, 0.3) is 20.7 Å². The molecule has 1 aliphatic heterocycles. The Balaban J connectivity index is 1.56. The highest BCUT2D eigenvalue weighted by Gasteiger charge is 2.21. The van der Waals surface area contributed by atoms with Crippen LogP contribution in [0, 0.1) is 0 Å². The molecule has 0 aliphatic carbocycles. The van der Waals surface area contributed by atoms with E-state index in [1.807, 2.05) is 35.0 Å². The molecule has 0 N–H and O–H groups in total. The van der Waals surface area contributed by atoms with Gasteiger partial charge in [0.05, 0.1) is 11.9 Å². The molecule has 1 amide bonds. The van der Waals surface area contributed by atoms with Crippen LogP contribution >= 0.6 is 11.3 Å². The molecule has 0 atom stereocenters. The van der Waals surface area contributed by atoms with Crippen LogP contribution in [0.4, 0.5) is 5.82 Å². The highest BCUT2D eigenvalue weighted by molar-refractivity contribution is 7.21. The van der Waals surface area contributed by atoms with E-state index in [9.17, 15) is 4.79 Å². The third-order valence-electron chi connectivity index (χ3n) is 4.96. The van der Waals surface area contributed by atoms with Crippen molar-refractivity contribution < 1.29 is 4.79 Å². The van der Waals surface area contributed by atoms with Gasteiger partial charge in [-0.05, 0) is 18.7 Å². The summed E-state index contributed by atoms with van der Waals surface area (Å²) in [4.78, 5) is 29.8. The molecular weight excluding hydrogens is 358 g/mol. The Kier molecular flexibility index (Phi) is 5.05. The van der Waals surface area contributed by atoms with Crippen molar-refractivity contribution in [2.24, 2.45) is 0 Å². The van der Waals surface area contributed by atoms with E-state index in [1.165, 1.54) is 5.56 Å². The summed E-state index contributed by atoms with van der Waals surface area (Å²) >= 11 is 1.65. The predicted octanol–water partition coefficient (Wildman–Crippen LogP) is 2.57. The number of anilines is 1. The maximum atomic E-state index is 12.7. The Morgan fingerprint density at radius 2 is 1.89 bits per heavy atom. The van der Waals surface area contributed by atoms with E-state index < -0.39 is 0 Å². The van der Waals surface area contributed by atoms with Crippen LogP contribution in [0.15, 0.2) is 42.7 Å². The molecular formula is C20H23N5OS. The van der Waals surface area contributed by atoms with E-state index in [0.29, 0.717) is 6.54 Å². The Morgan fingerprint density at radius 1 is 1.15 bits per heavy atom. The highest BCUT2D eigenvalue weighted by Crippen LogP contribution is 2.35. The number of carbonyl (C=O) groups excluding carboxylic acids is 1. The van der Waals surface area contributed by atoms with Crippen LogP contribution in [0.2, 0.25) is 0 Å². The number of benzene rings is 1. The maximum Gasteiger partial charge on any atom is 0.242 e. The van der Waals surface area contributed by atoms with E-state index in [0.717, 1.165) is 47.1 Å². The minimum atomic E-state index is 0.149. The second-order valence-electron chi connectivity index (χ2n) is 6.93. The predicted molar refractivity (Wildman–Crippen MR) is 110 cm³/mol. The maximum absolute atomic E-state index is 12.7. The van der Waals surface area contributed by atoms with Gasteiger partial charge in [-0.15, -0.1) is 11.3 Å². The zero-order chi connectivity index (χ0) is 18.8. The van der Waals surface area contributed by atoms with Gasteiger partial charge >= 0.3 is 0 Å². The summed E-state index contributed by atoms with van der Waals surface area (Å²) in [5, 5.41) is 0.995. The number of amides is 1. The van der Waals surface area contributed by atoms with Crippen molar-refractivity contribution >= 4 is 33.3 Å². The molecule has 2 aromatic heterocycles. The Hall–Kier alpha value is -2.51. The molecule has 6 nitrogen and oxygen atoms in total. The van der Waals surface area contributed by atoms with Crippen molar-refractivity contribution in [2.75, 3.05) is 51.7 Å². The smallest absolute Gasteiger partial charge is 0.242 e. The third-order valence-corrected chi connectivity index (χ3v) is 6.05. The largest absolute Gasteiger partial charge is 0.350 e. The summed E-state index contributed by atoms with van der Waals surface area (Å²) in [7, 11) is 4.02. The number of aromatic nitrogens is 2.